The van der Waals surface area contributed by atoms with Gasteiger partial charge in [-0.05, 0) is 49.6 Å². The zero-order valence-corrected chi connectivity index (χ0v) is 12.5. The molecule has 0 aromatic heterocycles. The number of halogens is 1. The number of carbonyl (C=O) groups excluding carboxylic acids is 1. The first-order valence-electron chi connectivity index (χ1n) is 7.17. The molecule has 1 aromatic carbocycles. The minimum absolute atomic E-state index is 0.201. The van der Waals surface area contributed by atoms with E-state index in [1.807, 2.05) is 18.2 Å². The molecule has 19 heavy (non-hydrogen) atoms. The summed E-state index contributed by atoms with van der Waals surface area (Å²) < 4.78 is 0. The largest absolute Gasteiger partial charge is 0.316 e. The molecule has 3 heteroatoms. The van der Waals surface area contributed by atoms with E-state index in [9.17, 15) is 4.79 Å². The zero-order chi connectivity index (χ0) is 13.9. The molecule has 1 fully saturated rings. The SMILES string of the molecule is CCCC1(C(=O)c2ccc(Cl)c(CC)c2)CCNC1. The van der Waals surface area contributed by atoms with E-state index < -0.39 is 0 Å². The predicted molar refractivity (Wildman–Crippen MR) is 80.0 cm³/mol. The summed E-state index contributed by atoms with van der Waals surface area (Å²) in [6.45, 7) is 5.96. The Morgan fingerprint density at radius 3 is 2.79 bits per heavy atom. The molecule has 2 rings (SSSR count). The highest BCUT2D eigenvalue weighted by Crippen LogP contribution is 2.35. The molecule has 2 nitrogen and oxygen atoms in total. The molecule has 1 heterocycles. The minimum atomic E-state index is -0.201. The Bertz CT molecular complexity index is 464. The van der Waals surface area contributed by atoms with Gasteiger partial charge in [-0.3, -0.25) is 4.79 Å². The van der Waals surface area contributed by atoms with Gasteiger partial charge in [0.05, 0.1) is 0 Å². The van der Waals surface area contributed by atoms with Crippen molar-refractivity contribution >= 4 is 17.4 Å². The number of nitrogens with one attached hydrogen (secondary N) is 1. The van der Waals surface area contributed by atoms with Gasteiger partial charge in [0.25, 0.3) is 0 Å². The third-order valence-corrected chi connectivity index (χ3v) is 4.51. The summed E-state index contributed by atoms with van der Waals surface area (Å²) in [5.74, 6) is 0.283. The Morgan fingerprint density at radius 1 is 1.42 bits per heavy atom. The first-order valence-corrected chi connectivity index (χ1v) is 7.54. The maximum absolute atomic E-state index is 12.9. The highest BCUT2D eigenvalue weighted by molar-refractivity contribution is 6.31. The van der Waals surface area contributed by atoms with Crippen molar-refractivity contribution < 1.29 is 4.79 Å². The van der Waals surface area contributed by atoms with Gasteiger partial charge in [0, 0.05) is 22.5 Å². The zero-order valence-electron chi connectivity index (χ0n) is 11.8. The van der Waals surface area contributed by atoms with E-state index in [0.717, 1.165) is 54.9 Å². The van der Waals surface area contributed by atoms with Gasteiger partial charge >= 0.3 is 0 Å². The molecule has 1 unspecified atom stereocenters. The predicted octanol–water partition coefficient (Wildman–Crippen LogP) is 3.86. The van der Waals surface area contributed by atoms with Gasteiger partial charge in [-0.25, -0.2) is 0 Å². The molecule has 1 aliphatic rings. The van der Waals surface area contributed by atoms with Crippen LogP contribution in [0.15, 0.2) is 18.2 Å². The molecule has 0 spiro atoms. The second-order valence-electron chi connectivity index (χ2n) is 5.45. The summed E-state index contributed by atoms with van der Waals surface area (Å²) in [6, 6.07) is 5.70. The van der Waals surface area contributed by atoms with Gasteiger partial charge in [-0.15, -0.1) is 0 Å². The van der Waals surface area contributed by atoms with Crippen molar-refractivity contribution in [3.8, 4) is 0 Å². The number of aryl methyl sites for hydroxylation is 1. The fraction of sp³-hybridized carbons (Fsp3) is 0.562. The highest BCUT2D eigenvalue weighted by atomic mass is 35.5. The van der Waals surface area contributed by atoms with Crippen LogP contribution >= 0.6 is 11.6 Å². The van der Waals surface area contributed by atoms with Gasteiger partial charge in [-0.2, -0.15) is 0 Å². The van der Waals surface area contributed by atoms with Crippen LogP contribution in [0.4, 0.5) is 0 Å². The van der Waals surface area contributed by atoms with E-state index in [-0.39, 0.29) is 11.2 Å². The highest BCUT2D eigenvalue weighted by Gasteiger charge is 2.40. The van der Waals surface area contributed by atoms with E-state index >= 15 is 0 Å². The summed E-state index contributed by atoms with van der Waals surface area (Å²) >= 11 is 6.13. The van der Waals surface area contributed by atoms with E-state index in [0.29, 0.717) is 0 Å². The molecule has 104 valence electrons. The minimum Gasteiger partial charge on any atom is -0.316 e. The summed E-state index contributed by atoms with van der Waals surface area (Å²) in [7, 11) is 0. The number of rotatable bonds is 5. The molecule has 1 N–H and O–H groups in total. The Labute approximate surface area is 120 Å². The monoisotopic (exact) mass is 279 g/mol. The van der Waals surface area contributed by atoms with Crippen LogP contribution in [0, 0.1) is 5.41 Å². The van der Waals surface area contributed by atoms with Crippen LogP contribution in [0.5, 0.6) is 0 Å². The molecule has 1 saturated heterocycles. The fourth-order valence-electron chi connectivity index (χ4n) is 3.04. The summed E-state index contributed by atoms with van der Waals surface area (Å²) in [5, 5.41) is 4.10. The lowest BCUT2D eigenvalue weighted by molar-refractivity contribution is 0.0801. The summed E-state index contributed by atoms with van der Waals surface area (Å²) in [6.07, 6.45) is 3.81. The number of carbonyl (C=O) groups is 1. The molecule has 1 aliphatic heterocycles. The topological polar surface area (TPSA) is 29.1 Å². The smallest absolute Gasteiger partial charge is 0.170 e. The fourth-order valence-corrected chi connectivity index (χ4v) is 3.29. The molecule has 0 bridgehead atoms. The Kier molecular flexibility index (Phi) is 4.64. The van der Waals surface area contributed by atoms with Crippen molar-refractivity contribution in [2.24, 2.45) is 5.41 Å². The molecule has 1 aromatic rings. The van der Waals surface area contributed by atoms with Crippen LogP contribution in [0.1, 0.15) is 49.0 Å². The van der Waals surface area contributed by atoms with E-state index in [4.69, 9.17) is 11.6 Å². The molecule has 0 aliphatic carbocycles. The second-order valence-corrected chi connectivity index (χ2v) is 5.85. The summed E-state index contributed by atoms with van der Waals surface area (Å²) in [4.78, 5) is 12.9. The number of Topliss-reactive ketones (excluding diaryl/α,β-unsaturated/α-hetero) is 1. The van der Waals surface area contributed by atoms with Crippen molar-refractivity contribution in [2.75, 3.05) is 13.1 Å². The number of hydrogen-bond donors (Lipinski definition) is 1. The number of benzene rings is 1. The molecule has 0 radical (unpaired) electrons. The molecular weight excluding hydrogens is 258 g/mol. The van der Waals surface area contributed by atoms with Gasteiger partial charge < -0.3 is 5.32 Å². The number of ketones is 1. The van der Waals surface area contributed by atoms with Gasteiger partial charge in [0.2, 0.25) is 0 Å². The van der Waals surface area contributed by atoms with Gasteiger partial charge in [-0.1, -0.05) is 31.9 Å². The average Bonchev–Trinajstić information content (AvgIpc) is 2.89. The normalized spacial score (nSPS) is 22.7. The van der Waals surface area contributed by atoms with Gasteiger partial charge in [0.1, 0.15) is 0 Å². The Balaban J connectivity index is 2.32. The van der Waals surface area contributed by atoms with Crippen molar-refractivity contribution in [2.45, 2.75) is 39.5 Å². The Hall–Kier alpha value is -0.860. The first-order chi connectivity index (χ1) is 9.13. The van der Waals surface area contributed by atoms with Crippen molar-refractivity contribution in [3.05, 3.63) is 34.3 Å². The maximum Gasteiger partial charge on any atom is 0.170 e. The average molecular weight is 280 g/mol. The molecule has 1 atom stereocenters. The molecule has 0 amide bonds. The van der Waals surface area contributed by atoms with E-state index in [2.05, 4.69) is 19.2 Å². The van der Waals surface area contributed by atoms with Crippen LogP contribution < -0.4 is 5.32 Å². The van der Waals surface area contributed by atoms with Gasteiger partial charge in [0.15, 0.2) is 5.78 Å². The lowest BCUT2D eigenvalue weighted by Crippen LogP contribution is -2.33. The van der Waals surface area contributed by atoms with Crippen LogP contribution in [0.3, 0.4) is 0 Å². The van der Waals surface area contributed by atoms with Crippen molar-refractivity contribution in [1.82, 2.24) is 5.32 Å². The van der Waals surface area contributed by atoms with Crippen LogP contribution in [0.25, 0.3) is 0 Å². The standard InChI is InChI=1S/C16H22ClNO/c1-3-7-16(8-9-18-11-16)15(19)13-5-6-14(17)12(4-2)10-13/h5-6,10,18H,3-4,7-9,11H2,1-2H3. The van der Waals surface area contributed by atoms with Crippen molar-refractivity contribution in [3.63, 3.8) is 0 Å². The lowest BCUT2D eigenvalue weighted by Gasteiger charge is -2.26. The molecule has 0 saturated carbocycles. The van der Waals surface area contributed by atoms with E-state index in [1.54, 1.807) is 0 Å². The number of hydrogen-bond acceptors (Lipinski definition) is 2. The van der Waals surface area contributed by atoms with E-state index in [1.165, 1.54) is 0 Å². The third-order valence-electron chi connectivity index (χ3n) is 4.14. The maximum atomic E-state index is 12.9. The van der Waals surface area contributed by atoms with Crippen LogP contribution in [-0.2, 0) is 6.42 Å². The second kappa shape index (κ2) is 6.06. The third kappa shape index (κ3) is 2.85. The first kappa shape index (κ1) is 14.5. The molecular formula is C16H22ClNO. The summed E-state index contributed by atoms with van der Waals surface area (Å²) in [5.41, 5.74) is 1.68. The lowest BCUT2D eigenvalue weighted by atomic mass is 9.76. The van der Waals surface area contributed by atoms with Crippen molar-refractivity contribution in [1.29, 1.82) is 0 Å². The quantitative estimate of drug-likeness (QED) is 0.829. The van der Waals surface area contributed by atoms with Crippen LogP contribution in [0.2, 0.25) is 5.02 Å². The van der Waals surface area contributed by atoms with Crippen LogP contribution in [-0.4, -0.2) is 18.9 Å². The Morgan fingerprint density at radius 2 is 2.21 bits per heavy atom.